The number of hydrogen-bond donors (Lipinski definition) is 1. The second-order valence-electron chi connectivity index (χ2n) is 4.02. The van der Waals surface area contributed by atoms with E-state index >= 15 is 0 Å². The van der Waals surface area contributed by atoms with Crippen molar-refractivity contribution in [1.82, 2.24) is 10.1 Å². The Labute approximate surface area is 106 Å². The van der Waals surface area contributed by atoms with Gasteiger partial charge in [0.1, 0.15) is 0 Å². The molecule has 1 heterocycles. The van der Waals surface area contributed by atoms with Gasteiger partial charge in [0.15, 0.2) is 0 Å². The number of nitrogens with two attached hydrogens (primary N) is 1. The van der Waals surface area contributed by atoms with E-state index in [0.717, 1.165) is 12.0 Å². The minimum Gasteiger partial charge on any atom is -0.337 e. The van der Waals surface area contributed by atoms with Crippen LogP contribution in [0.3, 0.4) is 0 Å². The number of nitrogens with zero attached hydrogens (tertiary/aromatic N) is 2. The maximum Gasteiger partial charge on any atom is 0.244 e. The topological polar surface area (TPSA) is 64.9 Å². The molecule has 0 aliphatic heterocycles. The summed E-state index contributed by atoms with van der Waals surface area (Å²) in [5, 5.41) is 3.91. The molecule has 0 aliphatic rings. The van der Waals surface area contributed by atoms with Gasteiger partial charge in [0.05, 0.1) is 6.04 Å². The second-order valence-corrected chi connectivity index (χ2v) is 4.02. The zero-order valence-corrected chi connectivity index (χ0v) is 10.3. The molecule has 0 radical (unpaired) electrons. The molecule has 2 aromatic rings. The molecule has 0 fully saturated rings. The fourth-order valence-corrected chi connectivity index (χ4v) is 1.61. The van der Waals surface area contributed by atoms with Gasteiger partial charge in [-0.25, -0.2) is 0 Å². The largest absolute Gasteiger partial charge is 0.337 e. The molecule has 4 heteroatoms. The van der Waals surface area contributed by atoms with E-state index in [0.29, 0.717) is 18.1 Å². The van der Waals surface area contributed by atoms with Crippen molar-refractivity contribution in [2.75, 3.05) is 0 Å². The average Bonchev–Trinajstić information content (AvgIpc) is 2.89. The molecule has 0 spiro atoms. The summed E-state index contributed by atoms with van der Waals surface area (Å²) in [5.74, 6) is 3.40. The van der Waals surface area contributed by atoms with Crippen LogP contribution >= 0.6 is 0 Å². The van der Waals surface area contributed by atoms with Crippen molar-refractivity contribution in [1.29, 1.82) is 0 Å². The van der Waals surface area contributed by atoms with Crippen molar-refractivity contribution < 1.29 is 4.52 Å². The lowest BCUT2D eigenvalue weighted by Crippen LogP contribution is -2.09. The summed E-state index contributed by atoms with van der Waals surface area (Å²) in [4.78, 5) is 4.26. The maximum atomic E-state index is 5.80. The number of benzene rings is 1. The summed E-state index contributed by atoms with van der Waals surface area (Å²) in [5.41, 5.74) is 7.99. The van der Waals surface area contributed by atoms with Crippen LogP contribution < -0.4 is 5.73 Å². The van der Waals surface area contributed by atoms with Gasteiger partial charge in [-0.15, -0.1) is 12.3 Å². The third-order valence-corrected chi connectivity index (χ3v) is 2.72. The molecule has 2 N–H and O–H groups in total. The van der Waals surface area contributed by atoms with E-state index in [9.17, 15) is 0 Å². The molecule has 92 valence electrons. The fourth-order valence-electron chi connectivity index (χ4n) is 1.61. The van der Waals surface area contributed by atoms with E-state index in [4.69, 9.17) is 16.7 Å². The molecule has 1 aromatic carbocycles. The Morgan fingerprint density at radius 2 is 2.11 bits per heavy atom. The summed E-state index contributed by atoms with van der Waals surface area (Å²) in [6.45, 7) is 2.11. The Balaban J connectivity index is 2.21. The van der Waals surface area contributed by atoms with E-state index in [2.05, 4.69) is 23.0 Å². The fraction of sp³-hybridized carbons (Fsp3) is 0.286. The van der Waals surface area contributed by atoms with Crippen molar-refractivity contribution >= 4 is 0 Å². The first kappa shape index (κ1) is 12.3. The first-order valence-electron chi connectivity index (χ1n) is 5.86. The predicted octanol–water partition coefficient (Wildman–Crippen LogP) is 2.32. The monoisotopic (exact) mass is 241 g/mol. The van der Waals surface area contributed by atoms with Crippen molar-refractivity contribution in [3.8, 4) is 23.7 Å². The Bertz CT molecular complexity index is 551. The van der Waals surface area contributed by atoms with Crippen LogP contribution in [0.15, 0.2) is 28.8 Å². The van der Waals surface area contributed by atoms with Gasteiger partial charge in [-0.1, -0.05) is 36.3 Å². The zero-order valence-electron chi connectivity index (χ0n) is 10.3. The number of aromatic nitrogens is 2. The third-order valence-electron chi connectivity index (χ3n) is 2.72. The molecule has 1 atom stereocenters. The van der Waals surface area contributed by atoms with E-state index in [1.165, 1.54) is 5.56 Å². The van der Waals surface area contributed by atoms with Crippen LogP contribution in [0, 0.1) is 12.3 Å². The quantitative estimate of drug-likeness (QED) is 0.834. The highest BCUT2D eigenvalue weighted by molar-refractivity contribution is 5.54. The highest BCUT2D eigenvalue weighted by Gasteiger charge is 2.14. The van der Waals surface area contributed by atoms with Crippen molar-refractivity contribution in [2.24, 2.45) is 5.73 Å². The van der Waals surface area contributed by atoms with Crippen LogP contribution in [0.5, 0.6) is 0 Å². The molecule has 0 saturated heterocycles. The highest BCUT2D eigenvalue weighted by Crippen LogP contribution is 2.19. The molecule has 2 rings (SSSR count). The number of aryl methyl sites for hydroxylation is 1. The van der Waals surface area contributed by atoms with Gasteiger partial charge >= 0.3 is 0 Å². The average molecular weight is 241 g/mol. The van der Waals surface area contributed by atoms with Crippen LogP contribution in [-0.2, 0) is 6.42 Å². The molecule has 0 saturated carbocycles. The SMILES string of the molecule is C#CCC(N)c1nc(-c2ccc(CC)cc2)no1. The van der Waals surface area contributed by atoms with Crippen LogP contribution in [0.1, 0.15) is 30.8 Å². The maximum absolute atomic E-state index is 5.80. The highest BCUT2D eigenvalue weighted by atomic mass is 16.5. The summed E-state index contributed by atoms with van der Waals surface area (Å²) in [6.07, 6.45) is 6.59. The smallest absolute Gasteiger partial charge is 0.244 e. The minimum absolute atomic E-state index is 0.377. The molecule has 18 heavy (non-hydrogen) atoms. The Hall–Kier alpha value is -2.12. The van der Waals surface area contributed by atoms with Crippen molar-refractivity contribution in [2.45, 2.75) is 25.8 Å². The number of terminal acetylenes is 1. The first-order valence-corrected chi connectivity index (χ1v) is 5.86. The van der Waals surface area contributed by atoms with Crippen molar-refractivity contribution in [3.63, 3.8) is 0 Å². The van der Waals surface area contributed by atoms with E-state index in [1.54, 1.807) is 0 Å². The van der Waals surface area contributed by atoms with Crippen LogP contribution in [0.25, 0.3) is 11.4 Å². The van der Waals surface area contributed by atoms with Crippen LogP contribution in [0.2, 0.25) is 0 Å². The van der Waals surface area contributed by atoms with Gasteiger partial charge < -0.3 is 10.3 Å². The molecule has 4 nitrogen and oxygen atoms in total. The summed E-state index contributed by atoms with van der Waals surface area (Å²) < 4.78 is 5.11. The standard InChI is InChI=1S/C14H15N3O/c1-3-5-12(15)14-16-13(17-18-14)11-8-6-10(4-2)7-9-11/h1,6-9,12H,4-5,15H2,2H3. The van der Waals surface area contributed by atoms with Gasteiger partial charge in [0.2, 0.25) is 11.7 Å². The zero-order chi connectivity index (χ0) is 13.0. The van der Waals surface area contributed by atoms with Crippen LogP contribution in [0.4, 0.5) is 0 Å². The third kappa shape index (κ3) is 2.58. The van der Waals surface area contributed by atoms with E-state index in [-0.39, 0.29) is 0 Å². The molecule has 0 aliphatic carbocycles. The lowest BCUT2D eigenvalue weighted by atomic mass is 10.1. The molecule has 0 amide bonds. The Kier molecular flexibility index (Phi) is 3.75. The molecular formula is C14H15N3O. The van der Waals surface area contributed by atoms with Gasteiger partial charge in [0.25, 0.3) is 0 Å². The molecule has 1 unspecified atom stereocenters. The molecule has 1 aromatic heterocycles. The minimum atomic E-state index is -0.397. The Morgan fingerprint density at radius 3 is 2.72 bits per heavy atom. The van der Waals surface area contributed by atoms with Gasteiger partial charge in [-0.05, 0) is 12.0 Å². The van der Waals surface area contributed by atoms with E-state index in [1.807, 2.05) is 24.3 Å². The molecule has 0 bridgehead atoms. The van der Waals surface area contributed by atoms with E-state index < -0.39 is 6.04 Å². The van der Waals surface area contributed by atoms with Crippen LogP contribution in [-0.4, -0.2) is 10.1 Å². The summed E-state index contributed by atoms with van der Waals surface area (Å²) >= 11 is 0. The molecular weight excluding hydrogens is 226 g/mol. The first-order chi connectivity index (χ1) is 8.74. The number of hydrogen-bond acceptors (Lipinski definition) is 4. The summed E-state index contributed by atoms with van der Waals surface area (Å²) in [7, 11) is 0. The van der Waals surface area contributed by atoms with Gasteiger partial charge in [-0.2, -0.15) is 4.98 Å². The van der Waals surface area contributed by atoms with Gasteiger partial charge in [0, 0.05) is 12.0 Å². The lowest BCUT2D eigenvalue weighted by molar-refractivity contribution is 0.357. The van der Waals surface area contributed by atoms with Crippen molar-refractivity contribution in [3.05, 3.63) is 35.7 Å². The lowest BCUT2D eigenvalue weighted by Gasteiger charge is -1.99. The normalized spacial score (nSPS) is 12.1. The predicted molar refractivity (Wildman–Crippen MR) is 69.5 cm³/mol. The number of rotatable bonds is 4. The second kappa shape index (κ2) is 5.48. The Morgan fingerprint density at radius 1 is 1.39 bits per heavy atom. The summed E-state index contributed by atoms with van der Waals surface area (Å²) in [6, 6.07) is 7.64. The van der Waals surface area contributed by atoms with Gasteiger partial charge in [-0.3, -0.25) is 0 Å².